The molecule has 4 nitrogen and oxygen atoms in total. The van der Waals surface area contributed by atoms with Gasteiger partial charge in [0.05, 0.1) is 17.5 Å². The third kappa shape index (κ3) is 3.58. The topological polar surface area (TPSA) is 92.9 Å². The quantitative estimate of drug-likeness (QED) is 0.588. The molecule has 0 bridgehead atoms. The van der Waals surface area contributed by atoms with Crippen molar-refractivity contribution in [2.24, 2.45) is 16.9 Å². The van der Waals surface area contributed by atoms with Crippen molar-refractivity contribution in [3.05, 3.63) is 0 Å². The van der Waals surface area contributed by atoms with Crippen molar-refractivity contribution in [3.63, 3.8) is 0 Å². The maximum absolute atomic E-state index is 10.5. The normalized spacial score (nSPS) is 13.6. The third-order valence-electron chi connectivity index (χ3n) is 1.40. The minimum Gasteiger partial charge on any atom is -0.368 e. The number of rotatable bonds is 3. The van der Waals surface area contributed by atoms with E-state index in [1.807, 2.05) is 6.07 Å². The Morgan fingerprint density at radius 1 is 1.73 bits per heavy atom. The maximum atomic E-state index is 10.5. The highest BCUT2D eigenvalue weighted by Gasteiger charge is 2.23. The molecule has 0 rings (SSSR count). The fourth-order valence-corrected chi connectivity index (χ4v) is 0.696. The number of nitrogens with zero attached hydrogens (tertiary/aromatic N) is 1. The van der Waals surface area contributed by atoms with Crippen molar-refractivity contribution in [1.29, 1.82) is 5.26 Å². The predicted molar refractivity (Wildman–Crippen MR) is 41.2 cm³/mol. The molecule has 0 aliphatic carbocycles. The van der Waals surface area contributed by atoms with Crippen molar-refractivity contribution < 1.29 is 4.79 Å². The van der Waals surface area contributed by atoms with Crippen molar-refractivity contribution >= 4 is 5.91 Å². The highest BCUT2D eigenvalue weighted by molar-refractivity contribution is 5.79. The SMILES string of the molecule is CC(C)(C#N)CC(N)C(N)=O. The van der Waals surface area contributed by atoms with E-state index in [0.717, 1.165) is 0 Å². The molecule has 0 saturated carbocycles. The predicted octanol–water partition coefficient (Wildman–Crippen LogP) is -0.261. The number of hydrogen-bond donors (Lipinski definition) is 2. The van der Waals surface area contributed by atoms with E-state index in [-0.39, 0.29) is 0 Å². The molecule has 1 unspecified atom stereocenters. The first kappa shape index (κ1) is 9.92. The van der Waals surface area contributed by atoms with Crippen LogP contribution in [0.25, 0.3) is 0 Å². The van der Waals surface area contributed by atoms with Crippen LogP contribution in [0.1, 0.15) is 20.3 Å². The first-order chi connectivity index (χ1) is 4.89. The van der Waals surface area contributed by atoms with Crippen LogP contribution in [0.5, 0.6) is 0 Å². The minimum absolute atomic E-state index is 0.304. The summed E-state index contributed by atoms with van der Waals surface area (Å²) in [7, 11) is 0. The lowest BCUT2D eigenvalue weighted by atomic mass is 9.87. The zero-order valence-corrected chi connectivity index (χ0v) is 6.79. The Balaban J connectivity index is 4.07. The lowest BCUT2D eigenvalue weighted by Gasteiger charge is -2.17. The van der Waals surface area contributed by atoms with Crippen molar-refractivity contribution in [3.8, 4) is 6.07 Å². The molecular weight excluding hydrogens is 142 g/mol. The summed E-state index contributed by atoms with van der Waals surface area (Å²) >= 11 is 0. The second-order valence-corrected chi connectivity index (χ2v) is 3.21. The molecule has 0 aliphatic heterocycles. The van der Waals surface area contributed by atoms with Gasteiger partial charge in [-0.2, -0.15) is 5.26 Å². The molecule has 11 heavy (non-hydrogen) atoms. The van der Waals surface area contributed by atoms with Gasteiger partial charge in [0.2, 0.25) is 5.91 Å². The van der Waals surface area contributed by atoms with E-state index < -0.39 is 17.4 Å². The summed E-state index contributed by atoms with van der Waals surface area (Å²) in [5.41, 5.74) is 9.70. The van der Waals surface area contributed by atoms with E-state index in [1.165, 1.54) is 0 Å². The molecule has 0 aromatic heterocycles. The van der Waals surface area contributed by atoms with Crippen LogP contribution in [-0.2, 0) is 4.79 Å². The van der Waals surface area contributed by atoms with Gasteiger partial charge in [-0.15, -0.1) is 0 Å². The van der Waals surface area contributed by atoms with E-state index in [1.54, 1.807) is 13.8 Å². The standard InChI is InChI=1S/C7H13N3O/c1-7(2,4-8)3-5(9)6(10)11/h5H,3,9H2,1-2H3,(H2,10,11). The largest absolute Gasteiger partial charge is 0.368 e. The Morgan fingerprint density at radius 2 is 2.18 bits per heavy atom. The van der Waals surface area contributed by atoms with Crippen LogP contribution in [-0.4, -0.2) is 11.9 Å². The summed E-state index contributed by atoms with van der Waals surface area (Å²) in [6.45, 7) is 3.44. The van der Waals surface area contributed by atoms with Crippen molar-refractivity contribution in [2.75, 3.05) is 0 Å². The Bertz CT molecular complexity index is 192. The Kier molecular flexibility index (Phi) is 3.02. The van der Waals surface area contributed by atoms with E-state index >= 15 is 0 Å². The van der Waals surface area contributed by atoms with Crippen LogP contribution in [0.15, 0.2) is 0 Å². The van der Waals surface area contributed by atoms with Gasteiger partial charge in [-0.25, -0.2) is 0 Å². The van der Waals surface area contributed by atoms with E-state index in [9.17, 15) is 4.79 Å². The first-order valence-corrected chi connectivity index (χ1v) is 3.35. The number of amides is 1. The van der Waals surface area contributed by atoms with Crippen LogP contribution < -0.4 is 11.5 Å². The molecule has 4 N–H and O–H groups in total. The molecule has 0 fully saturated rings. The van der Waals surface area contributed by atoms with Crippen LogP contribution in [0.2, 0.25) is 0 Å². The first-order valence-electron chi connectivity index (χ1n) is 3.35. The van der Waals surface area contributed by atoms with Crippen LogP contribution in [0.4, 0.5) is 0 Å². The van der Waals surface area contributed by atoms with Gasteiger partial charge in [0.15, 0.2) is 0 Å². The third-order valence-corrected chi connectivity index (χ3v) is 1.40. The summed E-state index contributed by atoms with van der Waals surface area (Å²) < 4.78 is 0. The fourth-order valence-electron chi connectivity index (χ4n) is 0.696. The number of carbonyl (C=O) groups is 1. The highest BCUT2D eigenvalue weighted by Crippen LogP contribution is 2.19. The number of hydrogen-bond acceptors (Lipinski definition) is 3. The van der Waals surface area contributed by atoms with Gasteiger partial charge in [-0.1, -0.05) is 0 Å². The molecule has 62 valence electrons. The van der Waals surface area contributed by atoms with Gasteiger partial charge in [0.1, 0.15) is 0 Å². The molecule has 0 spiro atoms. The Labute approximate surface area is 66.2 Å². The second-order valence-electron chi connectivity index (χ2n) is 3.21. The summed E-state index contributed by atoms with van der Waals surface area (Å²) in [6, 6.07) is 1.32. The van der Waals surface area contributed by atoms with Crippen molar-refractivity contribution in [1.82, 2.24) is 0 Å². The van der Waals surface area contributed by atoms with Crippen LogP contribution in [0, 0.1) is 16.7 Å². The number of carbonyl (C=O) groups excluding carboxylic acids is 1. The van der Waals surface area contributed by atoms with Gasteiger partial charge < -0.3 is 11.5 Å². The monoisotopic (exact) mass is 155 g/mol. The molecule has 0 aromatic rings. The Morgan fingerprint density at radius 3 is 2.45 bits per heavy atom. The number of nitrogens with two attached hydrogens (primary N) is 2. The van der Waals surface area contributed by atoms with Crippen molar-refractivity contribution in [2.45, 2.75) is 26.3 Å². The lowest BCUT2D eigenvalue weighted by Crippen LogP contribution is -2.39. The van der Waals surface area contributed by atoms with Gasteiger partial charge in [-0.05, 0) is 20.3 Å². The maximum Gasteiger partial charge on any atom is 0.234 e. The summed E-state index contributed by atoms with van der Waals surface area (Å²) in [6.07, 6.45) is 0.304. The molecule has 1 amide bonds. The molecule has 0 aromatic carbocycles. The number of nitriles is 1. The minimum atomic E-state index is -0.718. The second kappa shape index (κ2) is 3.35. The molecule has 0 saturated heterocycles. The molecule has 0 heterocycles. The zero-order valence-electron chi connectivity index (χ0n) is 6.79. The number of primary amides is 1. The zero-order chi connectivity index (χ0) is 9.07. The van der Waals surface area contributed by atoms with Crippen LogP contribution >= 0.6 is 0 Å². The molecule has 0 radical (unpaired) electrons. The average molecular weight is 155 g/mol. The smallest absolute Gasteiger partial charge is 0.234 e. The summed E-state index contributed by atoms with van der Waals surface area (Å²) in [5, 5.41) is 8.57. The van der Waals surface area contributed by atoms with Gasteiger partial charge in [-0.3, -0.25) is 4.79 Å². The summed E-state index contributed by atoms with van der Waals surface area (Å²) in [4.78, 5) is 10.5. The lowest BCUT2D eigenvalue weighted by molar-refractivity contribution is -0.119. The fraction of sp³-hybridized carbons (Fsp3) is 0.714. The molecule has 4 heteroatoms. The molecule has 0 aliphatic rings. The Hall–Kier alpha value is -1.08. The molecule has 1 atom stereocenters. The van der Waals surface area contributed by atoms with E-state index in [0.29, 0.717) is 6.42 Å². The average Bonchev–Trinajstić information content (AvgIpc) is 1.87. The van der Waals surface area contributed by atoms with Crippen LogP contribution in [0.3, 0.4) is 0 Å². The van der Waals surface area contributed by atoms with Gasteiger partial charge in [0.25, 0.3) is 0 Å². The van der Waals surface area contributed by atoms with Gasteiger partial charge >= 0.3 is 0 Å². The summed E-state index contributed by atoms with van der Waals surface area (Å²) in [5.74, 6) is -0.562. The molecular formula is C7H13N3O. The van der Waals surface area contributed by atoms with E-state index in [4.69, 9.17) is 16.7 Å². The van der Waals surface area contributed by atoms with Gasteiger partial charge in [0, 0.05) is 0 Å². The van der Waals surface area contributed by atoms with E-state index in [2.05, 4.69) is 0 Å². The highest BCUT2D eigenvalue weighted by atomic mass is 16.1.